The third-order valence-electron chi connectivity index (χ3n) is 6.39. The highest BCUT2D eigenvalue weighted by atomic mass is 32.1. The molecule has 188 valence electrons. The number of aryl methyl sites for hydroxylation is 2. The van der Waals surface area contributed by atoms with Crippen molar-refractivity contribution in [2.24, 2.45) is 5.73 Å². The van der Waals surface area contributed by atoms with Crippen molar-refractivity contribution in [2.75, 3.05) is 10.6 Å². The van der Waals surface area contributed by atoms with Crippen LogP contribution in [0.1, 0.15) is 68.6 Å². The van der Waals surface area contributed by atoms with Crippen molar-refractivity contribution in [3.05, 3.63) is 75.5 Å². The van der Waals surface area contributed by atoms with Gasteiger partial charge in [-0.2, -0.15) is 4.37 Å². The van der Waals surface area contributed by atoms with Gasteiger partial charge in [-0.15, -0.1) is 0 Å². The molecule has 1 unspecified atom stereocenters. The SMILES string of the molecule is Cc1ccc(C)c(N(C(=O)c2snc(C(N)=O)c2N)C(C(=O)NC2CCCC2)c2ccc(F)cc2)c1. The van der Waals surface area contributed by atoms with E-state index in [1.165, 1.54) is 29.2 Å². The molecule has 4 rings (SSSR count). The molecule has 1 aliphatic carbocycles. The van der Waals surface area contributed by atoms with Gasteiger partial charge in [-0.25, -0.2) is 4.39 Å². The van der Waals surface area contributed by atoms with E-state index >= 15 is 0 Å². The summed E-state index contributed by atoms with van der Waals surface area (Å²) in [6, 6.07) is 9.91. The quantitative estimate of drug-likeness (QED) is 0.443. The Morgan fingerprint density at radius 3 is 2.39 bits per heavy atom. The Balaban J connectivity index is 1.89. The summed E-state index contributed by atoms with van der Waals surface area (Å²) in [6.07, 6.45) is 3.73. The number of halogens is 1. The maximum atomic E-state index is 14.1. The van der Waals surface area contributed by atoms with E-state index in [0.29, 0.717) is 11.3 Å². The van der Waals surface area contributed by atoms with Crippen LogP contribution < -0.4 is 21.7 Å². The van der Waals surface area contributed by atoms with Crippen molar-refractivity contribution >= 4 is 40.6 Å². The van der Waals surface area contributed by atoms with Crippen LogP contribution in [0.5, 0.6) is 0 Å². The fourth-order valence-electron chi connectivity index (χ4n) is 4.50. The van der Waals surface area contributed by atoms with Crippen molar-refractivity contribution in [3.8, 4) is 0 Å². The lowest BCUT2D eigenvalue weighted by Gasteiger charge is -2.33. The lowest BCUT2D eigenvalue weighted by Crippen LogP contribution is -2.46. The van der Waals surface area contributed by atoms with E-state index in [1.54, 1.807) is 6.07 Å². The van der Waals surface area contributed by atoms with Gasteiger partial charge in [0.15, 0.2) is 5.69 Å². The fraction of sp³-hybridized carbons (Fsp3) is 0.308. The van der Waals surface area contributed by atoms with Gasteiger partial charge in [0.05, 0.1) is 5.69 Å². The number of hydrogen-bond donors (Lipinski definition) is 3. The number of nitrogens with zero attached hydrogens (tertiary/aromatic N) is 2. The Hall–Kier alpha value is -3.79. The van der Waals surface area contributed by atoms with Gasteiger partial charge in [0.25, 0.3) is 11.8 Å². The minimum atomic E-state index is -1.13. The van der Waals surface area contributed by atoms with Crippen molar-refractivity contribution in [1.82, 2.24) is 9.69 Å². The largest absolute Gasteiger partial charge is 0.395 e. The molecule has 5 N–H and O–H groups in total. The molecule has 0 aliphatic heterocycles. The lowest BCUT2D eigenvalue weighted by atomic mass is 10.00. The smallest absolute Gasteiger partial charge is 0.273 e. The van der Waals surface area contributed by atoms with Crippen LogP contribution >= 0.6 is 11.5 Å². The predicted molar refractivity (Wildman–Crippen MR) is 137 cm³/mol. The number of primary amides is 1. The molecule has 10 heteroatoms. The van der Waals surface area contributed by atoms with Gasteiger partial charge in [0.1, 0.15) is 16.7 Å². The minimum absolute atomic E-state index is 0.00838. The molecule has 1 fully saturated rings. The van der Waals surface area contributed by atoms with E-state index in [-0.39, 0.29) is 28.2 Å². The third kappa shape index (κ3) is 5.08. The molecule has 1 atom stereocenters. The highest BCUT2D eigenvalue weighted by Gasteiger charge is 2.37. The number of hydrogen-bond acceptors (Lipinski definition) is 6. The summed E-state index contributed by atoms with van der Waals surface area (Å²) < 4.78 is 17.8. The lowest BCUT2D eigenvalue weighted by molar-refractivity contribution is -0.123. The van der Waals surface area contributed by atoms with Crippen molar-refractivity contribution in [3.63, 3.8) is 0 Å². The van der Waals surface area contributed by atoms with Crippen LogP contribution in [-0.2, 0) is 4.79 Å². The maximum Gasteiger partial charge on any atom is 0.273 e. The summed E-state index contributed by atoms with van der Waals surface area (Å²) in [7, 11) is 0. The second-order valence-electron chi connectivity index (χ2n) is 9.05. The van der Waals surface area contributed by atoms with E-state index in [9.17, 15) is 18.8 Å². The van der Waals surface area contributed by atoms with Crippen molar-refractivity contribution in [1.29, 1.82) is 0 Å². The molecule has 1 aliphatic rings. The summed E-state index contributed by atoms with van der Waals surface area (Å²) in [6.45, 7) is 3.71. The zero-order chi connectivity index (χ0) is 26.0. The number of aromatic nitrogens is 1. The molecule has 0 radical (unpaired) electrons. The number of nitrogen functional groups attached to an aromatic ring is 1. The molecule has 0 bridgehead atoms. The van der Waals surface area contributed by atoms with Gasteiger partial charge in [-0.1, -0.05) is 37.1 Å². The number of rotatable bonds is 7. The Morgan fingerprint density at radius 1 is 1.11 bits per heavy atom. The summed E-state index contributed by atoms with van der Waals surface area (Å²) in [4.78, 5) is 41.0. The molecule has 0 saturated heterocycles. The van der Waals surface area contributed by atoms with E-state index in [0.717, 1.165) is 48.3 Å². The van der Waals surface area contributed by atoms with E-state index in [4.69, 9.17) is 11.5 Å². The summed E-state index contributed by atoms with van der Waals surface area (Å²) in [5.74, 6) is -2.31. The van der Waals surface area contributed by atoms with Crippen LogP contribution in [-0.4, -0.2) is 28.1 Å². The number of carbonyl (C=O) groups is 3. The molecule has 1 heterocycles. The van der Waals surface area contributed by atoms with Crippen LogP contribution in [0.2, 0.25) is 0 Å². The zero-order valence-electron chi connectivity index (χ0n) is 20.1. The third-order valence-corrected chi connectivity index (χ3v) is 7.24. The number of carbonyl (C=O) groups excluding carboxylic acids is 3. The monoisotopic (exact) mass is 509 g/mol. The molecule has 0 spiro atoms. The standard InChI is InChI=1S/C26H28FN5O3S/c1-14-7-8-15(2)19(13-14)32(26(35)23-20(28)21(24(29)33)31-36-23)22(16-9-11-17(27)12-10-16)25(34)30-18-5-3-4-6-18/h7-13,18,22H,3-6,28H2,1-2H3,(H2,29,33)(H,30,34). The highest BCUT2D eigenvalue weighted by Crippen LogP contribution is 2.35. The number of nitrogens with two attached hydrogens (primary N) is 2. The molecule has 2 aromatic carbocycles. The van der Waals surface area contributed by atoms with Gasteiger partial charge in [0, 0.05) is 11.7 Å². The molecule has 36 heavy (non-hydrogen) atoms. The predicted octanol–water partition coefficient (Wildman–Crippen LogP) is 4.03. The fourth-order valence-corrected chi connectivity index (χ4v) is 5.24. The summed E-state index contributed by atoms with van der Waals surface area (Å²) in [5, 5.41) is 3.08. The molecule has 8 nitrogen and oxygen atoms in total. The van der Waals surface area contributed by atoms with Gasteiger partial charge >= 0.3 is 0 Å². The van der Waals surface area contributed by atoms with E-state index in [1.807, 2.05) is 26.0 Å². The first-order valence-electron chi connectivity index (χ1n) is 11.7. The van der Waals surface area contributed by atoms with Crippen LogP contribution in [0, 0.1) is 19.7 Å². The molecule has 1 aromatic heterocycles. The topological polar surface area (TPSA) is 131 Å². The van der Waals surface area contributed by atoms with E-state index in [2.05, 4.69) is 9.69 Å². The molecular weight excluding hydrogens is 481 g/mol. The average Bonchev–Trinajstić information content (AvgIpc) is 3.49. The second kappa shape index (κ2) is 10.4. The molecule has 3 aromatic rings. The normalized spacial score (nSPS) is 14.4. The summed E-state index contributed by atoms with van der Waals surface area (Å²) >= 11 is 0.747. The summed E-state index contributed by atoms with van der Waals surface area (Å²) in [5.41, 5.74) is 13.7. The van der Waals surface area contributed by atoms with Crippen LogP contribution in [0.4, 0.5) is 15.8 Å². The molecule has 1 saturated carbocycles. The van der Waals surface area contributed by atoms with Crippen LogP contribution in [0.15, 0.2) is 42.5 Å². The van der Waals surface area contributed by atoms with E-state index < -0.39 is 23.7 Å². The molecular formula is C26H28FN5O3S. The Labute approximate surface area is 212 Å². The zero-order valence-corrected chi connectivity index (χ0v) is 20.9. The van der Waals surface area contributed by atoms with Gasteiger partial charge in [-0.05, 0) is 73.1 Å². The first-order chi connectivity index (χ1) is 17.2. The molecule has 3 amide bonds. The number of nitrogens with one attached hydrogen (secondary N) is 1. The van der Waals surface area contributed by atoms with Crippen molar-refractivity contribution in [2.45, 2.75) is 51.6 Å². The van der Waals surface area contributed by atoms with Crippen LogP contribution in [0.3, 0.4) is 0 Å². The van der Waals surface area contributed by atoms with Crippen molar-refractivity contribution < 1.29 is 18.8 Å². The second-order valence-corrected chi connectivity index (χ2v) is 9.82. The Bertz CT molecular complexity index is 1300. The number of benzene rings is 2. The number of amides is 3. The first-order valence-corrected chi connectivity index (χ1v) is 12.5. The average molecular weight is 510 g/mol. The van der Waals surface area contributed by atoms with Gasteiger partial charge in [-0.3, -0.25) is 19.3 Å². The van der Waals surface area contributed by atoms with Gasteiger partial charge in [0.2, 0.25) is 5.91 Å². The maximum absolute atomic E-state index is 14.1. The van der Waals surface area contributed by atoms with Crippen LogP contribution in [0.25, 0.3) is 0 Å². The first kappa shape index (κ1) is 25.3. The minimum Gasteiger partial charge on any atom is -0.395 e. The Kier molecular flexibility index (Phi) is 7.35. The Morgan fingerprint density at radius 2 is 1.78 bits per heavy atom. The highest BCUT2D eigenvalue weighted by molar-refractivity contribution is 7.09. The number of anilines is 2. The van der Waals surface area contributed by atoms with Gasteiger partial charge < -0.3 is 16.8 Å².